The van der Waals surface area contributed by atoms with Gasteiger partial charge in [-0.15, -0.1) is 0 Å². The quantitative estimate of drug-likeness (QED) is 0.636. The van der Waals surface area contributed by atoms with E-state index in [-0.39, 0.29) is 10.8 Å². The van der Waals surface area contributed by atoms with Gasteiger partial charge in [0.1, 0.15) is 5.82 Å². The van der Waals surface area contributed by atoms with Gasteiger partial charge in [-0.1, -0.05) is 12.1 Å². The average Bonchev–Trinajstić information content (AvgIpc) is 3.20. The second-order valence-electron chi connectivity index (χ2n) is 7.29. The van der Waals surface area contributed by atoms with Gasteiger partial charge in [-0.2, -0.15) is 4.31 Å². The number of nitrogens with one attached hydrogen (secondary N) is 1. The number of hydrogen-bond acceptors (Lipinski definition) is 5. The number of anilines is 1. The van der Waals surface area contributed by atoms with Crippen LogP contribution in [0.1, 0.15) is 21.7 Å². The van der Waals surface area contributed by atoms with Gasteiger partial charge in [-0.05, 0) is 48.9 Å². The number of morpholine rings is 1. The minimum absolute atomic E-state index is 0.171. The Morgan fingerprint density at radius 3 is 2.35 bits per heavy atom. The summed E-state index contributed by atoms with van der Waals surface area (Å²) in [5.74, 6) is 0.644. The summed E-state index contributed by atoms with van der Waals surface area (Å²) in [6.45, 7) is 4.11. The molecule has 8 nitrogen and oxygen atoms in total. The van der Waals surface area contributed by atoms with Gasteiger partial charge in [0.05, 0.1) is 18.1 Å². The minimum atomic E-state index is -3.58. The number of aromatic nitrogens is 2. The van der Waals surface area contributed by atoms with E-state index in [1.807, 2.05) is 42.0 Å². The zero-order chi connectivity index (χ0) is 21.8. The van der Waals surface area contributed by atoms with Gasteiger partial charge >= 0.3 is 0 Å². The fourth-order valence-corrected chi connectivity index (χ4v) is 4.79. The molecular formula is C22H24N4O4S. The number of benzene rings is 2. The van der Waals surface area contributed by atoms with Crippen molar-refractivity contribution in [3.8, 4) is 0 Å². The van der Waals surface area contributed by atoms with Gasteiger partial charge in [0.25, 0.3) is 5.91 Å². The smallest absolute Gasteiger partial charge is 0.255 e. The molecule has 0 unspecified atom stereocenters. The lowest BCUT2D eigenvalue weighted by atomic mass is 10.2. The van der Waals surface area contributed by atoms with Crippen LogP contribution < -0.4 is 5.32 Å². The molecule has 0 saturated carbocycles. The average molecular weight is 441 g/mol. The van der Waals surface area contributed by atoms with E-state index in [1.165, 1.54) is 28.6 Å². The van der Waals surface area contributed by atoms with Crippen LogP contribution in [0.4, 0.5) is 5.69 Å². The summed E-state index contributed by atoms with van der Waals surface area (Å²) < 4.78 is 34.0. The van der Waals surface area contributed by atoms with E-state index in [4.69, 9.17) is 4.74 Å². The Hall–Kier alpha value is -3.01. The minimum Gasteiger partial charge on any atom is -0.379 e. The number of amides is 1. The monoisotopic (exact) mass is 440 g/mol. The van der Waals surface area contributed by atoms with Crippen molar-refractivity contribution >= 4 is 21.6 Å². The van der Waals surface area contributed by atoms with Crippen LogP contribution in [0.2, 0.25) is 0 Å². The molecule has 1 aromatic heterocycles. The summed E-state index contributed by atoms with van der Waals surface area (Å²) in [6.07, 6.45) is 3.69. The Morgan fingerprint density at radius 1 is 1.06 bits per heavy atom. The zero-order valence-corrected chi connectivity index (χ0v) is 18.0. The van der Waals surface area contributed by atoms with E-state index in [2.05, 4.69) is 10.3 Å². The van der Waals surface area contributed by atoms with Crippen LogP contribution in [0.5, 0.6) is 0 Å². The van der Waals surface area contributed by atoms with Crippen molar-refractivity contribution in [3.05, 3.63) is 77.9 Å². The molecule has 1 fully saturated rings. The summed E-state index contributed by atoms with van der Waals surface area (Å²) in [5.41, 5.74) is 2.15. The first-order valence-corrected chi connectivity index (χ1v) is 11.4. The molecule has 3 aromatic rings. The molecule has 1 N–H and O–H groups in total. The van der Waals surface area contributed by atoms with Gasteiger partial charge in [0.15, 0.2) is 0 Å². The van der Waals surface area contributed by atoms with Crippen LogP contribution in [-0.4, -0.2) is 54.5 Å². The first-order valence-electron chi connectivity index (χ1n) is 9.99. The third-order valence-electron chi connectivity index (χ3n) is 5.21. The first-order chi connectivity index (χ1) is 14.9. The van der Waals surface area contributed by atoms with Crippen LogP contribution in [0.3, 0.4) is 0 Å². The number of nitrogens with zero attached hydrogens (tertiary/aromatic N) is 3. The van der Waals surface area contributed by atoms with Crippen molar-refractivity contribution in [3.63, 3.8) is 0 Å². The Bertz CT molecular complexity index is 1150. The van der Waals surface area contributed by atoms with Crippen molar-refractivity contribution < 1.29 is 17.9 Å². The predicted molar refractivity (Wildman–Crippen MR) is 116 cm³/mol. The summed E-state index contributed by atoms with van der Waals surface area (Å²) in [6, 6.07) is 13.6. The van der Waals surface area contributed by atoms with E-state index < -0.39 is 10.0 Å². The number of aryl methyl sites for hydroxylation is 1. The Labute approximate surface area is 181 Å². The molecule has 1 aliphatic rings. The number of rotatable bonds is 6. The Kier molecular flexibility index (Phi) is 6.17. The van der Waals surface area contributed by atoms with Gasteiger partial charge in [-0.3, -0.25) is 4.79 Å². The molecule has 0 bridgehead atoms. The molecule has 9 heteroatoms. The van der Waals surface area contributed by atoms with E-state index >= 15 is 0 Å². The largest absolute Gasteiger partial charge is 0.379 e. The molecule has 1 amide bonds. The molecule has 1 aliphatic heterocycles. The van der Waals surface area contributed by atoms with E-state index in [0.29, 0.717) is 44.1 Å². The van der Waals surface area contributed by atoms with Crippen LogP contribution in [0, 0.1) is 6.92 Å². The fourth-order valence-electron chi connectivity index (χ4n) is 3.38. The molecule has 0 spiro atoms. The number of carbonyl (C=O) groups excluding carboxylic acids is 1. The Balaban J connectivity index is 1.40. The number of imidazole rings is 1. The van der Waals surface area contributed by atoms with Gasteiger partial charge in [-0.25, -0.2) is 13.4 Å². The molecule has 2 heterocycles. The van der Waals surface area contributed by atoms with Crippen LogP contribution >= 0.6 is 0 Å². The maximum absolute atomic E-state index is 12.7. The van der Waals surface area contributed by atoms with E-state index in [9.17, 15) is 13.2 Å². The molecule has 0 aliphatic carbocycles. The highest BCUT2D eigenvalue weighted by molar-refractivity contribution is 7.89. The molecule has 162 valence electrons. The first kappa shape index (κ1) is 21.2. The van der Waals surface area contributed by atoms with Crippen LogP contribution in [0.15, 0.2) is 65.8 Å². The SMILES string of the molecule is Cc1nccn1Cc1ccc(NC(=O)c2ccc(S(=O)(=O)N3CCOCC3)cc2)cc1. The summed E-state index contributed by atoms with van der Waals surface area (Å²) in [4.78, 5) is 16.9. The number of hydrogen-bond donors (Lipinski definition) is 1. The highest BCUT2D eigenvalue weighted by atomic mass is 32.2. The third-order valence-corrected chi connectivity index (χ3v) is 7.13. The Morgan fingerprint density at radius 2 is 1.74 bits per heavy atom. The van der Waals surface area contributed by atoms with Gasteiger partial charge < -0.3 is 14.6 Å². The van der Waals surface area contributed by atoms with Crippen LogP contribution in [-0.2, 0) is 21.3 Å². The van der Waals surface area contributed by atoms with Gasteiger partial charge in [0.2, 0.25) is 10.0 Å². The molecule has 2 aromatic carbocycles. The zero-order valence-electron chi connectivity index (χ0n) is 17.2. The molecule has 4 rings (SSSR count). The second-order valence-corrected chi connectivity index (χ2v) is 9.23. The van der Waals surface area contributed by atoms with Crippen molar-refractivity contribution in [2.24, 2.45) is 0 Å². The number of ether oxygens (including phenoxy) is 1. The lowest BCUT2D eigenvalue weighted by Gasteiger charge is -2.26. The highest BCUT2D eigenvalue weighted by Crippen LogP contribution is 2.19. The van der Waals surface area contributed by atoms with Crippen molar-refractivity contribution in [1.82, 2.24) is 13.9 Å². The maximum Gasteiger partial charge on any atom is 0.255 e. The third kappa shape index (κ3) is 4.84. The molecule has 31 heavy (non-hydrogen) atoms. The molecule has 0 atom stereocenters. The standard InChI is InChI=1S/C22H24N4O4S/c1-17-23-10-11-25(17)16-18-2-6-20(7-3-18)24-22(27)19-4-8-21(9-5-19)31(28,29)26-12-14-30-15-13-26/h2-11H,12-16H2,1H3,(H,24,27). The molecular weight excluding hydrogens is 416 g/mol. The van der Waals surface area contributed by atoms with E-state index in [1.54, 1.807) is 6.20 Å². The van der Waals surface area contributed by atoms with Crippen molar-refractivity contribution in [2.75, 3.05) is 31.6 Å². The summed E-state index contributed by atoms with van der Waals surface area (Å²) in [5, 5.41) is 2.84. The van der Waals surface area contributed by atoms with Crippen molar-refractivity contribution in [1.29, 1.82) is 0 Å². The summed E-state index contributed by atoms with van der Waals surface area (Å²) in [7, 11) is -3.58. The van der Waals surface area contributed by atoms with Gasteiger partial charge in [0, 0.05) is 43.3 Å². The van der Waals surface area contributed by atoms with Crippen molar-refractivity contribution in [2.45, 2.75) is 18.4 Å². The molecule has 1 saturated heterocycles. The number of sulfonamides is 1. The molecule has 0 radical (unpaired) electrons. The topological polar surface area (TPSA) is 93.5 Å². The van der Waals surface area contributed by atoms with Crippen LogP contribution in [0.25, 0.3) is 0 Å². The normalized spacial score (nSPS) is 15.0. The van der Waals surface area contributed by atoms with E-state index in [0.717, 1.165) is 11.4 Å². The summed E-state index contributed by atoms with van der Waals surface area (Å²) >= 11 is 0. The number of carbonyl (C=O) groups is 1. The second kappa shape index (κ2) is 9.01. The maximum atomic E-state index is 12.7. The lowest BCUT2D eigenvalue weighted by molar-refractivity contribution is 0.0730. The highest BCUT2D eigenvalue weighted by Gasteiger charge is 2.26. The fraction of sp³-hybridized carbons (Fsp3) is 0.273. The lowest BCUT2D eigenvalue weighted by Crippen LogP contribution is -2.40. The predicted octanol–water partition coefficient (Wildman–Crippen LogP) is 2.51.